The van der Waals surface area contributed by atoms with Gasteiger partial charge < -0.3 is 19.4 Å². The zero-order valence-corrected chi connectivity index (χ0v) is 41.7. The predicted octanol–water partition coefficient (Wildman–Crippen LogP) is 15.0. The fourth-order valence-corrected chi connectivity index (χ4v) is 10.2. The maximum absolute atomic E-state index is 13.2. The number of aryl methyl sites for hydroxylation is 3. The Kier molecular flexibility index (Phi) is 12.1. The van der Waals surface area contributed by atoms with Crippen molar-refractivity contribution in [3.63, 3.8) is 0 Å². The molecule has 9 nitrogen and oxygen atoms in total. The Morgan fingerprint density at radius 1 is 0.427 bits per heavy atom. The Morgan fingerprint density at radius 2 is 0.800 bits per heavy atom. The first-order valence-electron chi connectivity index (χ1n) is 25.2. The van der Waals surface area contributed by atoms with Crippen molar-refractivity contribution in [2.45, 2.75) is 33.6 Å². The Balaban J connectivity index is 0.873. The second-order valence-corrected chi connectivity index (χ2v) is 19.3. The molecule has 0 fully saturated rings. The van der Waals surface area contributed by atoms with Gasteiger partial charge in [0.1, 0.15) is 5.75 Å². The number of nitrogens with one attached hydrogen (secondary N) is 2. The number of H-pyrrole nitrogens is 2. The number of carbonyl (C=O) groups excluding carboxylic acids is 3. The van der Waals surface area contributed by atoms with Crippen molar-refractivity contribution in [1.29, 1.82) is 0 Å². The average Bonchev–Trinajstić information content (AvgIpc) is 4.30. The molecule has 0 amide bonds. The third-order valence-corrected chi connectivity index (χ3v) is 14.1. The van der Waals surface area contributed by atoms with Gasteiger partial charge in [0.2, 0.25) is 0 Å². The smallest absolute Gasteiger partial charge is 0.338 e. The van der Waals surface area contributed by atoms with Crippen LogP contribution >= 0.6 is 0 Å². The number of hydrogen-bond donors (Lipinski definition) is 2. The highest BCUT2D eigenvalue weighted by Crippen LogP contribution is 2.39. The number of fused-ring (bicyclic) bond motifs is 10. The van der Waals surface area contributed by atoms with E-state index < -0.39 is 5.97 Å². The summed E-state index contributed by atoms with van der Waals surface area (Å²) in [6.45, 7) is 6.89. The lowest BCUT2D eigenvalue weighted by atomic mass is 9.83. The van der Waals surface area contributed by atoms with Gasteiger partial charge in [-0.15, -0.1) is 0 Å². The van der Waals surface area contributed by atoms with Crippen LogP contribution in [0.2, 0.25) is 0 Å². The molecule has 5 heterocycles. The number of benzene rings is 6. The molecule has 0 unspecified atom stereocenters. The maximum Gasteiger partial charge on any atom is 0.338 e. The van der Waals surface area contributed by atoms with Gasteiger partial charge in [-0.25, -0.2) is 14.8 Å². The molecule has 0 saturated heterocycles. The van der Waals surface area contributed by atoms with E-state index in [0.29, 0.717) is 36.3 Å². The van der Waals surface area contributed by atoms with Crippen molar-refractivity contribution in [3.8, 4) is 50.3 Å². The fourth-order valence-electron chi connectivity index (χ4n) is 10.2. The van der Waals surface area contributed by atoms with Gasteiger partial charge in [0, 0.05) is 66.6 Å². The van der Waals surface area contributed by atoms with Crippen molar-refractivity contribution >= 4 is 63.9 Å². The summed E-state index contributed by atoms with van der Waals surface area (Å²) in [6, 6.07) is 53.7. The first kappa shape index (κ1) is 46.6. The number of nitrogens with zero attached hydrogens (tertiary/aromatic N) is 2. The average molecular weight is 979 g/mol. The normalized spacial score (nSPS) is 12.4. The van der Waals surface area contributed by atoms with Gasteiger partial charge in [-0.2, -0.15) is 0 Å². The molecular weight excluding hydrogens is 929 g/mol. The Bertz CT molecular complexity index is 3970. The number of carbonyl (C=O) groups is 3. The molecule has 75 heavy (non-hydrogen) atoms. The summed E-state index contributed by atoms with van der Waals surface area (Å²) in [5.41, 5.74) is 20.0. The van der Waals surface area contributed by atoms with Crippen molar-refractivity contribution < 1.29 is 23.9 Å². The van der Waals surface area contributed by atoms with Crippen LogP contribution in [0, 0.1) is 20.8 Å². The Labute approximate surface area is 434 Å². The van der Waals surface area contributed by atoms with Gasteiger partial charge in [0.15, 0.2) is 11.6 Å². The van der Waals surface area contributed by atoms with Gasteiger partial charge in [-0.1, -0.05) is 126 Å². The third-order valence-electron chi connectivity index (χ3n) is 14.1. The molecule has 0 radical (unpaired) electrons. The zero-order chi connectivity index (χ0) is 51.2. The first-order chi connectivity index (χ1) is 36.6. The lowest BCUT2D eigenvalue weighted by Crippen LogP contribution is -2.21. The van der Waals surface area contributed by atoms with Crippen molar-refractivity contribution in [3.05, 3.63) is 231 Å². The molecule has 0 spiro atoms. The number of hydrogen-bond acceptors (Lipinski definition) is 7. The summed E-state index contributed by atoms with van der Waals surface area (Å²) in [7, 11) is 0. The monoisotopic (exact) mass is 978 g/mol. The van der Waals surface area contributed by atoms with Crippen LogP contribution in [0.4, 0.5) is 0 Å². The van der Waals surface area contributed by atoms with Gasteiger partial charge in [0.05, 0.1) is 41.6 Å². The van der Waals surface area contributed by atoms with E-state index in [4.69, 9.17) is 19.4 Å². The minimum Gasteiger partial charge on any atom is -0.494 e. The van der Waals surface area contributed by atoms with Crippen LogP contribution in [-0.2, 0) is 4.74 Å². The minimum atomic E-state index is -0.551. The molecule has 0 atom stereocenters. The Hall–Kier alpha value is -9.47. The van der Waals surface area contributed by atoms with E-state index in [1.807, 2.05) is 12.1 Å². The van der Waals surface area contributed by atoms with Gasteiger partial charge in [0.25, 0.3) is 0 Å². The largest absolute Gasteiger partial charge is 0.494 e. The number of esters is 1. The van der Waals surface area contributed by atoms with Crippen LogP contribution in [0.15, 0.2) is 164 Å². The standard InChI is InChI=1S/C66H50N4O5/c1-39-10-16-42(17-11-39)60-52-28-30-54(67-52)61(43-18-12-40(2)13-19-43)56-32-34-58(69-56)63(59-35-33-57(70-59)62(55-31-29-53(60)68-55)44-20-14-41(3)15-21-44)45-22-25-47(26-23-45)74-36-6-7-37-75-66(73)46-24-27-50-51(38-46)65(72)49-9-5-4-8-48(49)64(50)71/h4-5,8-35,38,67,70H,6-7,36-37H2,1-3H3. The Morgan fingerprint density at radius 3 is 1.23 bits per heavy atom. The quantitative estimate of drug-likeness (QED) is 0.0976. The molecule has 9 heteroatoms. The second kappa shape index (κ2) is 19.5. The molecule has 9 aromatic rings. The van der Waals surface area contributed by atoms with Crippen LogP contribution in [0.1, 0.15) is 94.5 Å². The van der Waals surface area contributed by atoms with Crippen LogP contribution < -0.4 is 4.74 Å². The van der Waals surface area contributed by atoms with E-state index in [2.05, 4.69) is 164 Å². The maximum atomic E-state index is 13.2. The van der Waals surface area contributed by atoms with Gasteiger partial charge in [-0.3, -0.25) is 9.59 Å². The van der Waals surface area contributed by atoms with Crippen molar-refractivity contribution in [2.24, 2.45) is 0 Å². The number of aromatic nitrogens is 4. The van der Waals surface area contributed by atoms with E-state index in [1.54, 1.807) is 24.3 Å². The van der Waals surface area contributed by atoms with Crippen LogP contribution in [0.3, 0.4) is 0 Å². The summed E-state index contributed by atoms with van der Waals surface area (Å²) >= 11 is 0. The van der Waals surface area contributed by atoms with E-state index >= 15 is 0 Å². The number of ether oxygens (including phenoxy) is 2. The molecule has 2 N–H and O–H groups in total. The molecule has 0 saturated carbocycles. The van der Waals surface area contributed by atoms with Crippen LogP contribution in [0.25, 0.3) is 90.9 Å². The van der Waals surface area contributed by atoms with Crippen molar-refractivity contribution in [1.82, 2.24) is 19.9 Å². The number of aromatic amines is 2. The molecule has 3 aliphatic rings. The van der Waals surface area contributed by atoms with Crippen molar-refractivity contribution in [2.75, 3.05) is 13.2 Å². The second-order valence-electron chi connectivity index (χ2n) is 19.3. The molecular formula is C66H50N4O5. The van der Waals surface area contributed by atoms with Crippen LogP contribution in [0.5, 0.6) is 5.75 Å². The predicted molar refractivity (Wildman–Crippen MR) is 300 cm³/mol. The highest BCUT2D eigenvalue weighted by Gasteiger charge is 2.30. The molecule has 8 bridgehead atoms. The van der Waals surface area contributed by atoms with Crippen LogP contribution in [-0.4, -0.2) is 50.7 Å². The third kappa shape index (κ3) is 8.99. The summed E-state index contributed by atoms with van der Waals surface area (Å²) in [6.07, 6.45) is 9.66. The summed E-state index contributed by atoms with van der Waals surface area (Å²) in [5.74, 6) is -0.361. The van der Waals surface area contributed by atoms with E-state index in [0.717, 1.165) is 89.4 Å². The lowest BCUT2D eigenvalue weighted by molar-refractivity contribution is 0.0493. The molecule has 2 aliphatic heterocycles. The van der Waals surface area contributed by atoms with Gasteiger partial charge in [-0.05, 0) is 135 Å². The molecule has 6 aromatic carbocycles. The number of unbranched alkanes of at least 4 members (excludes halogenated alkanes) is 1. The molecule has 3 aromatic heterocycles. The SMILES string of the molecule is Cc1ccc(-c2c3nc(c(-c4ccc(C)cc4)c4ccc([nH]4)c(-c4ccc(OCCCCOC(=O)c5ccc6c(c5)C(=O)c5ccccc5C6=O)cc4)c4nc(c(-c5ccc(C)cc5)c5ccc2[nH]5)C=C4)C=C3)cc1. The summed E-state index contributed by atoms with van der Waals surface area (Å²) < 4.78 is 11.8. The van der Waals surface area contributed by atoms with E-state index in [9.17, 15) is 14.4 Å². The fraction of sp³-hybridized carbons (Fsp3) is 0.106. The molecule has 364 valence electrons. The highest BCUT2D eigenvalue weighted by atomic mass is 16.5. The van der Waals surface area contributed by atoms with E-state index in [1.165, 1.54) is 34.9 Å². The minimum absolute atomic E-state index is 0.173. The molecule has 1 aliphatic carbocycles. The number of ketones is 2. The number of rotatable bonds is 11. The van der Waals surface area contributed by atoms with E-state index in [-0.39, 0.29) is 34.9 Å². The zero-order valence-electron chi connectivity index (χ0n) is 41.7. The molecule has 12 rings (SSSR count). The summed E-state index contributed by atoms with van der Waals surface area (Å²) in [5, 5.41) is 0. The summed E-state index contributed by atoms with van der Waals surface area (Å²) in [4.78, 5) is 57.9. The topological polar surface area (TPSA) is 127 Å². The highest BCUT2D eigenvalue weighted by molar-refractivity contribution is 6.28. The first-order valence-corrected chi connectivity index (χ1v) is 25.2. The lowest BCUT2D eigenvalue weighted by Gasteiger charge is -2.17. The van der Waals surface area contributed by atoms with Gasteiger partial charge >= 0.3 is 5.97 Å².